The summed E-state index contributed by atoms with van der Waals surface area (Å²) < 4.78 is 2.44. The lowest BCUT2D eigenvalue weighted by molar-refractivity contribution is 1.18. The van der Waals surface area contributed by atoms with Crippen LogP contribution in [0.2, 0.25) is 0 Å². The predicted molar refractivity (Wildman–Crippen MR) is 229 cm³/mol. The summed E-state index contributed by atoms with van der Waals surface area (Å²) in [6.07, 6.45) is 0. The standard InChI is InChI=1S/C52H36N2/c1-4-12-37(13-5-1)41-20-26-45(27-21-41)53(47-30-24-40-18-10-11-19-43(40)34-47)48-31-33-50-49-32-25-44(39-16-8-3-9-17-39)35-51(49)54(52(50)36-48)46-28-22-42(23-29-46)38-14-6-2-7-15-38/h1-36H. The third-order valence-electron chi connectivity index (χ3n) is 10.6. The van der Waals surface area contributed by atoms with Crippen molar-refractivity contribution in [2.24, 2.45) is 0 Å². The van der Waals surface area contributed by atoms with E-state index in [1.165, 1.54) is 60.4 Å². The van der Waals surface area contributed by atoms with Gasteiger partial charge in [0.05, 0.1) is 11.0 Å². The predicted octanol–water partition coefficient (Wildman–Crippen LogP) is 14.4. The number of aromatic nitrogens is 1. The van der Waals surface area contributed by atoms with Crippen molar-refractivity contribution in [3.63, 3.8) is 0 Å². The highest BCUT2D eigenvalue weighted by Crippen LogP contribution is 2.42. The molecule has 0 unspecified atom stereocenters. The molecule has 9 aromatic carbocycles. The Morgan fingerprint density at radius 1 is 0.278 bits per heavy atom. The van der Waals surface area contributed by atoms with E-state index in [4.69, 9.17) is 0 Å². The molecule has 2 nitrogen and oxygen atoms in total. The summed E-state index contributed by atoms with van der Waals surface area (Å²) in [6, 6.07) is 79.0. The quantitative estimate of drug-likeness (QED) is 0.162. The van der Waals surface area contributed by atoms with E-state index in [1.54, 1.807) is 0 Å². The topological polar surface area (TPSA) is 8.17 Å². The zero-order valence-electron chi connectivity index (χ0n) is 29.7. The van der Waals surface area contributed by atoms with Crippen LogP contribution >= 0.6 is 0 Å². The van der Waals surface area contributed by atoms with Gasteiger partial charge in [-0.3, -0.25) is 0 Å². The van der Waals surface area contributed by atoms with Crippen molar-refractivity contribution in [2.45, 2.75) is 0 Å². The van der Waals surface area contributed by atoms with E-state index in [9.17, 15) is 0 Å². The third-order valence-corrected chi connectivity index (χ3v) is 10.6. The van der Waals surface area contributed by atoms with Gasteiger partial charge in [0.1, 0.15) is 0 Å². The summed E-state index contributed by atoms with van der Waals surface area (Å²) >= 11 is 0. The van der Waals surface area contributed by atoms with Crippen molar-refractivity contribution in [3.8, 4) is 39.1 Å². The van der Waals surface area contributed by atoms with Crippen LogP contribution < -0.4 is 4.90 Å². The minimum Gasteiger partial charge on any atom is -0.310 e. The number of anilines is 3. The van der Waals surface area contributed by atoms with Gasteiger partial charge < -0.3 is 9.47 Å². The molecule has 0 atom stereocenters. The fourth-order valence-electron chi connectivity index (χ4n) is 7.86. The Morgan fingerprint density at radius 2 is 0.704 bits per heavy atom. The lowest BCUT2D eigenvalue weighted by atomic mass is 10.0. The molecule has 2 heteroatoms. The average molecular weight is 689 g/mol. The first-order chi connectivity index (χ1) is 26.8. The monoisotopic (exact) mass is 688 g/mol. The van der Waals surface area contributed by atoms with Gasteiger partial charge in [-0.1, -0.05) is 164 Å². The highest BCUT2D eigenvalue weighted by atomic mass is 15.1. The largest absolute Gasteiger partial charge is 0.310 e. The normalized spacial score (nSPS) is 11.3. The molecule has 0 spiro atoms. The molecule has 0 fully saturated rings. The fraction of sp³-hybridized carbons (Fsp3) is 0. The molecule has 1 heterocycles. The van der Waals surface area contributed by atoms with E-state index in [0.717, 1.165) is 28.3 Å². The summed E-state index contributed by atoms with van der Waals surface area (Å²) in [5, 5.41) is 4.89. The Balaban J connectivity index is 1.18. The van der Waals surface area contributed by atoms with E-state index in [1.807, 2.05) is 0 Å². The van der Waals surface area contributed by atoms with E-state index >= 15 is 0 Å². The molecule has 0 amide bonds. The zero-order valence-corrected chi connectivity index (χ0v) is 29.7. The molecule has 0 aliphatic rings. The van der Waals surface area contributed by atoms with Crippen molar-refractivity contribution in [1.82, 2.24) is 4.57 Å². The number of hydrogen-bond acceptors (Lipinski definition) is 1. The van der Waals surface area contributed by atoms with Gasteiger partial charge in [-0.15, -0.1) is 0 Å². The number of fused-ring (bicyclic) bond motifs is 4. The Labute approximate surface area is 315 Å². The molecule has 0 bridgehead atoms. The lowest BCUT2D eigenvalue weighted by Gasteiger charge is -2.26. The van der Waals surface area contributed by atoms with Crippen molar-refractivity contribution < 1.29 is 0 Å². The first-order valence-electron chi connectivity index (χ1n) is 18.5. The van der Waals surface area contributed by atoms with Crippen LogP contribution in [0.1, 0.15) is 0 Å². The molecule has 0 N–H and O–H groups in total. The molecular weight excluding hydrogens is 653 g/mol. The Kier molecular flexibility index (Phi) is 7.85. The van der Waals surface area contributed by atoms with Gasteiger partial charge in [0.25, 0.3) is 0 Å². The van der Waals surface area contributed by atoms with E-state index < -0.39 is 0 Å². The molecule has 0 radical (unpaired) electrons. The second-order valence-corrected chi connectivity index (χ2v) is 13.8. The summed E-state index contributed by atoms with van der Waals surface area (Å²) in [7, 11) is 0. The van der Waals surface area contributed by atoms with Crippen LogP contribution in [0.15, 0.2) is 218 Å². The maximum Gasteiger partial charge on any atom is 0.0561 e. The molecule has 254 valence electrons. The molecule has 10 rings (SSSR count). The van der Waals surface area contributed by atoms with Crippen molar-refractivity contribution in [1.29, 1.82) is 0 Å². The first-order valence-corrected chi connectivity index (χ1v) is 18.5. The van der Waals surface area contributed by atoms with Crippen LogP contribution in [0.5, 0.6) is 0 Å². The Hall–Kier alpha value is -7.16. The van der Waals surface area contributed by atoms with E-state index in [2.05, 4.69) is 228 Å². The van der Waals surface area contributed by atoms with Crippen LogP contribution in [0.4, 0.5) is 17.1 Å². The average Bonchev–Trinajstić information content (AvgIpc) is 3.58. The summed E-state index contributed by atoms with van der Waals surface area (Å²) in [4.78, 5) is 2.39. The summed E-state index contributed by atoms with van der Waals surface area (Å²) in [5.74, 6) is 0. The molecule has 54 heavy (non-hydrogen) atoms. The van der Waals surface area contributed by atoms with Crippen LogP contribution in [0, 0.1) is 0 Å². The van der Waals surface area contributed by atoms with Gasteiger partial charge in [0.15, 0.2) is 0 Å². The van der Waals surface area contributed by atoms with Gasteiger partial charge in [-0.25, -0.2) is 0 Å². The van der Waals surface area contributed by atoms with Crippen LogP contribution in [0.3, 0.4) is 0 Å². The lowest BCUT2D eigenvalue weighted by Crippen LogP contribution is -2.10. The summed E-state index contributed by atoms with van der Waals surface area (Å²) in [6.45, 7) is 0. The maximum absolute atomic E-state index is 2.44. The van der Waals surface area contributed by atoms with Crippen LogP contribution in [-0.4, -0.2) is 4.57 Å². The fourth-order valence-corrected chi connectivity index (χ4v) is 7.86. The van der Waals surface area contributed by atoms with Gasteiger partial charge in [0.2, 0.25) is 0 Å². The molecule has 0 aliphatic heterocycles. The van der Waals surface area contributed by atoms with E-state index in [-0.39, 0.29) is 0 Å². The van der Waals surface area contributed by atoms with Crippen molar-refractivity contribution >= 4 is 49.6 Å². The zero-order chi connectivity index (χ0) is 35.8. The van der Waals surface area contributed by atoms with Crippen LogP contribution in [-0.2, 0) is 0 Å². The molecule has 0 saturated heterocycles. The number of rotatable bonds is 7. The van der Waals surface area contributed by atoms with Crippen molar-refractivity contribution in [2.75, 3.05) is 4.90 Å². The first kappa shape index (κ1) is 31.6. The molecular formula is C52H36N2. The molecule has 0 aliphatic carbocycles. The summed E-state index contributed by atoms with van der Waals surface area (Å²) in [5.41, 5.74) is 14.0. The molecule has 10 aromatic rings. The second-order valence-electron chi connectivity index (χ2n) is 13.8. The minimum atomic E-state index is 1.10. The van der Waals surface area contributed by atoms with Crippen molar-refractivity contribution in [3.05, 3.63) is 218 Å². The second kappa shape index (κ2) is 13.4. The van der Waals surface area contributed by atoms with Gasteiger partial charge >= 0.3 is 0 Å². The minimum absolute atomic E-state index is 1.10. The molecule has 1 aromatic heterocycles. The number of benzene rings is 9. The SMILES string of the molecule is c1ccc(-c2ccc(N(c3ccc4ccccc4c3)c3ccc4c5ccc(-c6ccccc6)cc5n(-c5ccc(-c6ccccc6)cc5)c4c3)cc2)cc1. The Morgan fingerprint density at radius 3 is 1.33 bits per heavy atom. The molecule has 0 saturated carbocycles. The number of nitrogens with zero attached hydrogens (tertiary/aromatic N) is 2. The van der Waals surface area contributed by atoms with Gasteiger partial charge in [-0.2, -0.15) is 0 Å². The Bertz CT molecular complexity index is 2890. The highest BCUT2D eigenvalue weighted by molar-refractivity contribution is 6.11. The maximum atomic E-state index is 2.44. The van der Waals surface area contributed by atoms with Gasteiger partial charge in [-0.05, 0) is 98.8 Å². The van der Waals surface area contributed by atoms with E-state index in [0.29, 0.717) is 0 Å². The number of hydrogen-bond donors (Lipinski definition) is 0. The highest BCUT2D eigenvalue weighted by Gasteiger charge is 2.19. The smallest absolute Gasteiger partial charge is 0.0561 e. The van der Waals surface area contributed by atoms with Crippen LogP contribution in [0.25, 0.3) is 71.6 Å². The van der Waals surface area contributed by atoms with Gasteiger partial charge in [0, 0.05) is 33.5 Å². The third kappa shape index (κ3) is 5.71.